The highest BCUT2D eigenvalue weighted by Crippen LogP contribution is 1.94. The second kappa shape index (κ2) is 4.61. The number of amides is 1. The van der Waals surface area contributed by atoms with Crippen LogP contribution in [0.3, 0.4) is 0 Å². The van der Waals surface area contributed by atoms with Crippen molar-refractivity contribution in [3.63, 3.8) is 0 Å². The van der Waals surface area contributed by atoms with Gasteiger partial charge in [0.1, 0.15) is 0 Å². The number of hydrogen-bond acceptors (Lipinski definition) is 3. The van der Waals surface area contributed by atoms with Crippen LogP contribution in [-0.2, 0) is 11.8 Å². The van der Waals surface area contributed by atoms with E-state index >= 15 is 0 Å². The smallest absolute Gasteiger partial charge is 0.254 e. The number of carbonyl (C=O) groups is 1. The lowest BCUT2D eigenvalue weighted by atomic mass is 10.3. The molecule has 1 N–H and O–H groups in total. The lowest BCUT2D eigenvalue weighted by Gasteiger charge is -2.00. The van der Waals surface area contributed by atoms with Crippen molar-refractivity contribution in [2.24, 2.45) is 7.05 Å². The van der Waals surface area contributed by atoms with Crippen LogP contribution in [0.15, 0.2) is 12.4 Å². The Hall–Kier alpha value is -1.36. The third-order valence-corrected chi connectivity index (χ3v) is 1.56. The Balaban J connectivity index is 2.40. The summed E-state index contributed by atoms with van der Waals surface area (Å²) < 4.78 is 6.39. The van der Waals surface area contributed by atoms with E-state index in [0.717, 1.165) is 0 Å². The first-order valence-electron chi connectivity index (χ1n) is 4.00. The maximum absolute atomic E-state index is 11.3. The van der Waals surface area contributed by atoms with Crippen molar-refractivity contribution in [3.8, 4) is 0 Å². The maximum Gasteiger partial charge on any atom is 0.254 e. The molecule has 13 heavy (non-hydrogen) atoms. The summed E-state index contributed by atoms with van der Waals surface area (Å²) in [6.45, 7) is 1.04. The predicted octanol–water partition coefficient (Wildman–Crippen LogP) is -0.204. The summed E-state index contributed by atoms with van der Waals surface area (Å²) in [6, 6.07) is 0. The van der Waals surface area contributed by atoms with Crippen LogP contribution < -0.4 is 5.32 Å². The summed E-state index contributed by atoms with van der Waals surface area (Å²) in [7, 11) is 3.36. The minimum absolute atomic E-state index is 0.120. The minimum atomic E-state index is -0.120. The van der Waals surface area contributed by atoms with Crippen molar-refractivity contribution in [3.05, 3.63) is 18.0 Å². The van der Waals surface area contributed by atoms with Gasteiger partial charge in [0.2, 0.25) is 0 Å². The average Bonchev–Trinajstić information content (AvgIpc) is 2.52. The molecule has 72 valence electrons. The van der Waals surface area contributed by atoms with Crippen molar-refractivity contribution >= 4 is 5.91 Å². The zero-order chi connectivity index (χ0) is 9.68. The van der Waals surface area contributed by atoms with Gasteiger partial charge in [-0.25, -0.2) is 0 Å². The third-order valence-electron chi connectivity index (χ3n) is 1.56. The Bertz CT molecular complexity index is 283. The van der Waals surface area contributed by atoms with Crippen LogP contribution in [0, 0.1) is 0 Å². The summed E-state index contributed by atoms with van der Waals surface area (Å²) in [5.41, 5.74) is 0.568. The van der Waals surface area contributed by atoms with E-state index < -0.39 is 0 Å². The molecule has 0 aliphatic heterocycles. The molecule has 1 aromatic heterocycles. The SMILES string of the molecule is COCCNC(=O)c1cnn(C)c1. The third kappa shape index (κ3) is 2.87. The topological polar surface area (TPSA) is 56.1 Å². The molecule has 0 saturated heterocycles. The van der Waals surface area contributed by atoms with E-state index in [-0.39, 0.29) is 5.91 Å². The molecule has 0 saturated carbocycles. The fourth-order valence-corrected chi connectivity index (χ4v) is 0.907. The van der Waals surface area contributed by atoms with Crippen molar-refractivity contribution in [2.75, 3.05) is 20.3 Å². The average molecular weight is 183 g/mol. The fourth-order valence-electron chi connectivity index (χ4n) is 0.907. The first-order valence-corrected chi connectivity index (χ1v) is 4.00. The normalized spacial score (nSPS) is 10.0. The molecule has 5 nitrogen and oxygen atoms in total. The summed E-state index contributed by atoms with van der Waals surface area (Å²) in [5.74, 6) is -0.120. The van der Waals surface area contributed by atoms with E-state index in [1.54, 1.807) is 25.0 Å². The molecule has 0 aliphatic rings. The molecule has 5 heteroatoms. The lowest BCUT2D eigenvalue weighted by Crippen LogP contribution is -2.26. The van der Waals surface area contributed by atoms with Gasteiger partial charge in [-0.3, -0.25) is 9.48 Å². The molecule has 0 spiro atoms. The van der Waals surface area contributed by atoms with E-state index in [9.17, 15) is 4.79 Å². The zero-order valence-corrected chi connectivity index (χ0v) is 7.78. The Kier molecular flexibility index (Phi) is 3.45. The number of carbonyl (C=O) groups excluding carboxylic acids is 1. The zero-order valence-electron chi connectivity index (χ0n) is 7.78. The molecular formula is C8H13N3O2. The van der Waals surface area contributed by atoms with Gasteiger partial charge in [-0.1, -0.05) is 0 Å². The van der Waals surface area contributed by atoms with Gasteiger partial charge >= 0.3 is 0 Å². The van der Waals surface area contributed by atoms with Gasteiger partial charge in [0.15, 0.2) is 0 Å². The van der Waals surface area contributed by atoms with Gasteiger partial charge in [0.25, 0.3) is 5.91 Å². The molecule has 1 rings (SSSR count). The lowest BCUT2D eigenvalue weighted by molar-refractivity contribution is 0.0937. The summed E-state index contributed by atoms with van der Waals surface area (Å²) >= 11 is 0. The number of nitrogens with zero attached hydrogens (tertiary/aromatic N) is 2. The molecule has 0 fully saturated rings. The van der Waals surface area contributed by atoms with Crippen LogP contribution in [0.25, 0.3) is 0 Å². The van der Waals surface area contributed by atoms with Gasteiger partial charge in [-0.05, 0) is 0 Å². The molecule has 0 aliphatic carbocycles. The van der Waals surface area contributed by atoms with Crippen molar-refractivity contribution in [1.29, 1.82) is 0 Å². The largest absolute Gasteiger partial charge is 0.383 e. The van der Waals surface area contributed by atoms with Gasteiger partial charge in [-0.2, -0.15) is 5.10 Å². The molecule has 1 aromatic rings. The van der Waals surface area contributed by atoms with Gasteiger partial charge in [0.05, 0.1) is 18.4 Å². The standard InChI is InChI=1S/C8H13N3O2/c1-11-6-7(5-10-11)8(12)9-3-4-13-2/h5-6H,3-4H2,1-2H3,(H,9,12). The van der Waals surface area contributed by atoms with Crippen LogP contribution in [-0.4, -0.2) is 35.9 Å². The minimum Gasteiger partial charge on any atom is -0.383 e. The number of hydrogen-bond donors (Lipinski definition) is 1. The number of nitrogens with one attached hydrogen (secondary N) is 1. The quantitative estimate of drug-likeness (QED) is 0.657. The van der Waals surface area contributed by atoms with E-state index in [4.69, 9.17) is 4.74 Å². The van der Waals surface area contributed by atoms with Crippen molar-refractivity contribution in [2.45, 2.75) is 0 Å². The molecule has 0 atom stereocenters. The van der Waals surface area contributed by atoms with Crippen LogP contribution in [0.2, 0.25) is 0 Å². The van der Waals surface area contributed by atoms with Gasteiger partial charge < -0.3 is 10.1 Å². The number of rotatable bonds is 4. The molecule has 0 aromatic carbocycles. The van der Waals surface area contributed by atoms with E-state index in [2.05, 4.69) is 10.4 Å². The Labute approximate surface area is 76.7 Å². The number of ether oxygens (including phenoxy) is 1. The van der Waals surface area contributed by atoms with Crippen LogP contribution in [0.1, 0.15) is 10.4 Å². The van der Waals surface area contributed by atoms with E-state index in [0.29, 0.717) is 18.7 Å². The highest BCUT2D eigenvalue weighted by atomic mass is 16.5. The molecule has 1 heterocycles. The van der Waals surface area contributed by atoms with Crippen molar-refractivity contribution < 1.29 is 9.53 Å². The maximum atomic E-state index is 11.3. The van der Waals surface area contributed by atoms with E-state index in [1.807, 2.05) is 0 Å². The first-order chi connectivity index (χ1) is 6.24. The van der Waals surface area contributed by atoms with Crippen LogP contribution >= 0.6 is 0 Å². The van der Waals surface area contributed by atoms with Gasteiger partial charge in [0, 0.05) is 26.9 Å². The van der Waals surface area contributed by atoms with E-state index in [1.165, 1.54) is 6.20 Å². The van der Waals surface area contributed by atoms with Crippen LogP contribution in [0.5, 0.6) is 0 Å². The summed E-state index contributed by atoms with van der Waals surface area (Å²) in [4.78, 5) is 11.3. The molecule has 1 amide bonds. The second-order valence-corrected chi connectivity index (χ2v) is 2.65. The number of aromatic nitrogens is 2. The van der Waals surface area contributed by atoms with Crippen LogP contribution in [0.4, 0.5) is 0 Å². The second-order valence-electron chi connectivity index (χ2n) is 2.65. The number of methoxy groups -OCH3 is 1. The Morgan fingerprint density at radius 2 is 2.54 bits per heavy atom. The first kappa shape index (κ1) is 9.73. The molecule has 0 radical (unpaired) electrons. The summed E-state index contributed by atoms with van der Waals surface area (Å²) in [5, 5.41) is 6.59. The van der Waals surface area contributed by atoms with Crippen molar-refractivity contribution in [1.82, 2.24) is 15.1 Å². The number of aryl methyl sites for hydroxylation is 1. The predicted molar refractivity (Wildman–Crippen MR) is 47.4 cm³/mol. The Morgan fingerprint density at radius 3 is 3.08 bits per heavy atom. The highest BCUT2D eigenvalue weighted by molar-refractivity contribution is 5.93. The Morgan fingerprint density at radius 1 is 1.77 bits per heavy atom. The monoisotopic (exact) mass is 183 g/mol. The van der Waals surface area contributed by atoms with Gasteiger partial charge in [-0.15, -0.1) is 0 Å². The molecular weight excluding hydrogens is 170 g/mol. The summed E-state index contributed by atoms with van der Waals surface area (Å²) in [6.07, 6.45) is 3.20. The molecule has 0 unspecified atom stereocenters. The fraction of sp³-hybridized carbons (Fsp3) is 0.500. The molecule has 0 bridgehead atoms. The highest BCUT2D eigenvalue weighted by Gasteiger charge is 2.05.